The molecule has 1 rings (SSSR count). The van der Waals surface area contributed by atoms with E-state index in [2.05, 4.69) is 27.7 Å². The number of aliphatic hydroxyl groups excluding tert-OH is 1. The van der Waals surface area contributed by atoms with Gasteiger partial charge in [0.15, 0.2) is 0 Å². The standard InChI is InChI=1S/C12H24O/c1-5-10-9(4)6-7-11(8(2)3)12(10)13/h8-13H,5-7H2,1-4H3/t9-,10?,11+,12-/m1/s1. The van der Waals surface area contributed by atoms with Gasteiger partial charge in [0, 0.05) is 0 Å². The average molecular weight is 184 g/mol. The summed E-state index contributed by atoms with van der Waals surface area (Å²) in [6.07, 6.45) is 3.61. The summed E-state index contributed by atoms with van der Waals surface area (Å²) >= 11 is 0. The Balaban J connectivity index is 2.63. The molecule has 0 bridgehead atoms. The molecule has 0 spiro atoms. The molecular weight excluding hydrogens is 160 g/mol. The third kappa shape index (κ3) is 2.25. The van der Waals surface area contributed by atoms with Gasteiger partial charge < -0.3 is 5.11 Å². The maximum Gasteiger partial charge on any atom is 0.0601 e. The topological polar surface area (TPSA) is 20.2 Å². The van der Waals surface area contributed by atoms with Crippen LogP contribution in [0, 0.1) is 23.7 Å². The second kappa shape index (κ2) is 4.45. The van der Waals surface area contributed by atoms with Gasteiger partial charge in [0.2, 0.25) is 0 Å². The lowest BCUT2D eigenvalue weighted by Gasteiger charge is -2.40. The number of hydrogen-bond donors (Lipinski definition) is 1. The largest absolute Gasteiger partial charge is 0.393 e. The van der Waals surface area contributed by atoms with Crippen LogP contribution >= 0.6 is 0 Å². The molecule has 1 heteroatoms. The quantitative estimate of drug-likeness (QED) is 0.699. The second-order valence-electron chi connectivity index (χ2n) is 5.03. The molecular formula is C12H24O. The van der Waals surface area contributed by atoms with Crippen molar-refractivity contribution in [3.63, 3.8) is 0 Å². The van der Waals surface area contributed by atoms with Crippen molar-refractivity contribution in [1.29, 1.82) is 0 Å². The van der Waals surface area contributed by atoms with E-state index in [-0.39, 0.29) is 6.10 Å². The van der Waals surface area contributed by atoms with Gasteiger partial charge in [-0.1, -0.05) is 34.1 Å². The van der Waals surface area contributed by atoms with E-state index >= 15 is 0 Å². The lowest BCUT2D eigenvalue weighted by atomic mass is 9.68. The van der Waals surface area contributed by atoms with Crippen LogP contribution in [0.5, 0.6) is 0 Å². The van der Waals surface area contributed by atoms with Crippen molar-refractivity contribution < 1.29 is 5.11 Å². The Bertz CT molecular complexity index is 151. The molecule has 1 unspecified atom stereocenters. The van der Waals surface area contributed by atoms with Crippen LogP contribution in [0.25, 0.3) is 0 Å². The Morgan fingerprint density at radius 3 is 2.38 bits per heavy atom. The highest BCUT2D eigenvalue weighted by atomic mass is 16.3. The number of hydrogen-bond acceptors (Lipinski definition) is 1. The molecule has 1 N–H and O–H groups in total. The van der Waals surface area contributed by atoms with Gasteiger partial charge >= 0.3 is 0 Å². The van der Waals surface area contributed by atoms with Crippen molar-refractivity contribution in [3.05, 3.63) is 0 Å². The lowest BCUT2D eigenvalue weighted by molar-refractivity contribution is -0.0287. The summed E-state index contributed by atoms with van der Waals surface area (Å²) in [5.74, 6) is 2.44. The summed E-state index contributed by atoms with van der Waals surface area (Å²) in [5, 5.41) is 10.2. The fraction of sp³-hybridized carbons (Fsp3) is 1.00. The van der Waals surface area contributed by atoms with Crippen LogP contribution in [0.1, 0.15) is 47.0 Å². The second-order valence-corrected chi connectivity index (χ2v) is 5.03. The van der Waals surface area contributed by atoms with Gasteiger partial charge in [-0.2, -0.15) is 0 Å². The van der Waals surface area contributed by atoms with Crippen LogP contribution in [-0.2, 0) is 0 Å². The predicted octanol–water partition coefficient (Wildman–Crippen LogP) is 3.08. The zero-order valence-corrected chi connectivity index (χ0v) is 9.46. The molecule has 4 atom stereocenters. The van der Waals surface area contributed by atoms with Crippen LogP contribution in [0.2, 0.25) is 0 Å². The summed E-state index contributed by atoms with van der Waals surface area (Å²) in [6, 6.07) is 0. The molecule has 1 nitrogen and oxygen atoms in total. The van der Waals surface area contributed by atoms with E-state index in [1.54, 1.807) is 0 Å². The fourth-order valence-corrected chi connectivity index (χ4v) is 2.87. The number of rotatable bonds is 2. The van der Waals surface area contributed by atoms with E-state index in [4.69, 9.17) is 0 Å². The molecule has 78 valence electrons. The van der Waals surface area contributed by atoms with E-state index in [0.717, 1.165) is 12.3 Å². The van der Waals surface area contributed by atoms with E-state index < -0.39 is 0 Å². The van der Waals surface area contributed by atoms with Crippen LogP contribution in [0.3, 0.4) is 0 Å². The molecule has 0 saturated heterocycles. The Kier molecular flexibility index (Phi) is 3.78. The molecule has 1 aliphatic carbocycles. The third-order valence-corrected chi connectivity index (χ3v) is 3.89. The SMILES string of the molecule is CCC1[C@H](C)CC[C@@H](C(C)C)[C@@H]1O. The smallest absolute Gasteiger partial charge is 0.0601 e. The van der Waals surface area contributed by atoms with Crippen LogP contribution in [0.4, 0.5) is 0 Å². The molecule has 0 amide bonds. The van der Waals surface area contributed by atoms with Gasteiger partial charge in [-0.05, 0) is 36.5 Å². The van der Waals surface area contributed by atoms with Crippen molar-refractivity contribution in [2.75, 3.05) is 0 Å². The first-order valence-corrected chi connectivity index (χ1v) is 5.76. The highest BCUT2D eigenvalue weighted by molar-refractivity contribution is 4.86. The van der Waals surface area contributed by atoms with Crippen LogP contribution in [0.15, 0.2) is 0 Å². The summed E-state index contributed by atoms with van der Waals surface area (Å²) < 4.78 is 0. The summed E-state index contributed by atoms with van der Waals surface area (Å²) in [5.41, 5.74) is 0. The van der Waals surface area contributed by atoms with Crippen molar-refractivity contribution in [1.82, 2.24) is 0 Å². The number of aliphatic hydroxyl groups is 1. The molecule has 13 heavy (non-hydrogen) atoms. The third-order valence-electron chi connectivity index (χ3n) is 3.89. The van der Waals surface area contributed by atoms with E-state index in [1.807, 2.05) is 0 Å². The molecule has 0 aromatic rings. The summed E-state index contributed by atoms with van der Waals surface area (Å²) in [4.78, 5) is 0. The molecule has 0 aliphatic heterocycles. The van der Waals surface area contributed by atoms with Crippen molar-refractivity contribution in [3.8, 4) is 0 Å². The monoisotopic (exact) mass is 184 g/mol. The molecule has 0 radical (unpaired) electrons. The van der Waals surface area contributed by atoms with Crippen molar-refractivity contribution in [2.24, 2.45) is 23.7 Å². The zero-order chi connectivity index (χ0) is 10.0. The minimum atomic E-state index is -0.0475. The van der Waals surface area contributed by atoms with Crippen LogP contribution in [-0.4, -0.2) is 11.2 Å². The maximum absolute atomic E-state index is 10.2. The lowest BCUT2D eigenvalue weighted by Crippen LogP contribution is -2.40. The average Bonchev–Trinajstić information content (AvgIpc) is 2.04. The molecule has 1 fully saturated rings. The molecule has 1 aliphatic rings. The summed E-state index contributed by atoms with van der Waals surface area (Å²) in [7, 11) is 0. The van der Waals surface area contributed by atoms with E-state index in [9.17, 15) is 5.11 Å². The van der Waals surface area contributed by atoms with Gasteiger partial charge in [0.25, 0.3) is 0 Å². The Labute approximate surface area is 82.5 Å². The molecule has 1 saturated carbocycles. The first-order valence-electron chi connectivity index (χ1n) is 5.76. The van der Waals surface area contributed by atoms with Gasteiger partial charge in [0.1, 0.15) is 0 Å². The highest BCUT2D eigenvalue weighted by Crippen LogP contribution is 2.38. The van der Waals surface area contributed by atoms with Gasteiger partial charge in [-0.25, -0.2) is 0 Å². The van der Waals surface area contributed by atoms with E-state index in [1.165, 1.54) is 12.8 Å². The normalized spacial score (nSPS) is 41.1. The Morgan fingerprint density at radius 1 is 1.31 bits per heavy atom. The van der Waals surface area contributed by atoms with Crippen LogP contribution < -0.4 is 0 Å². The molecule has 0 aromatic carbocycles. The van der Waals surface area contributed by atoms with Gasteiger partial charge in [-0.3, -0.25) is 0 Å². The first-order chi connectivity index (χ1) is 6.07. The first kappa shape index (κ1) is 11.0. The summed E-state index contributed by atoms with van der Waals surface area (Å²) in [6.45, 7) is 8.95. The Morgan fingerprint density at radius 2 is 1.92 bits per heavy atom. The predicted molar refractivity (Wildman–Crippen MR) is 56.5 cm³/mol. The van der Waals surface area contributed by atoms with Gasteiger partial charge in [0.05, 0.1) is 6.10 Å². The van der Waals surface area contributed by atoms with Crippen molar-refractivity contribution in [2.45, 2.75) is 53.1 Å². The minimum absolute atomic E-state index is 0.0475. The highest BCUT2D eigenvalue weighted by Gasteiger charge is 2.36. The Hall–Kier alpha value is -0.0400. The van der Waals surface area contributed by atoms with Crippen molar-refractivity contribution >= 4 is 0 Å². The minimum Gasteiger partial charge on any atom is -0.393 e. The molecule has 0 aromatic heterocycles. The zero-order valence-electron chi connectivity index (χ0n) is 9.46. The molecule has 0 heterocycles. The fourth-order valence-electron chi connectivity index (χ4n) is 2.87. The van der Waals surface area contributed by atoms with Gasteiger partial charge in [-0.15, -0.1) is 0 Å². The maximum atomic E-state index is 10.2. The van der Waals surface area contributed by atoms with E-state index in [0.29, 0.717) is 17.8 Å².